The van der Waals surface area contributed by atoms with Gasteiger partial charge in [-0.1, -0.05) is 38.5 Å². The highest BCUT2D eigenvalue weighted by Gasteiger charge is 2.42. The van der Waals surface area contributed by atoms with Crippen molar-refractivity contribution in [3.63, 3.8) is 0 Å². The number of methoxy groups -OCH3 is 1. The van der Waals surface area contributed by atoms with Gasteiger partial charge in [0.15, 0.2) is 0 Å². The molecule has 2 heterocycles. The topological polar surface area (TPSA) is 123 Å². The van der Waals surface area contributed by atoms with Gasteiger partial charge in [-0.15, -0.1) is 0 Å². The van der Waals surface area contributed by atoms with Gasteiger partial charge in [0.2, 0.25) is 5.91 Å². The number of aromatic nitrogens is 4. The summed E-state index contributed by atoms with van der Waals surface area (Å²) in [5, 5.41) is 15.9. The largest absolute Gasteiger partial charge is 0.481 e. The van der Waals surface area contributed by atoms with E-state index < -0.39 is 5.97 Å². The number of para-hydroxylation sites is 1. The van der Waals surface area contributed by atoms with Crippen molar-refractivity contribution in [2.24, 2.45) is 0 Å². The van der Waals surface area contributed by atoms with Crippen LogP contribution in [0.2, 0.25) is 0 Å². The van der Waals surface area contributed by atoms with Crippen molar-refractivity contribution in [1.29, 1.82) is 0 Å². The van der Waals surface area contributed by atoms with E-state index in [4.69, 9.17) is 9.84 Å². The first-order valence-corrected chi connectivity index (χ1v) is 13.1. The van der Waals surface area contributed by atoms with Crippen LogP contribution in [0.15, 0.2) is 35.1 Å². The van der Waals surface area contributed by atoms with Crippen LogP contribution in [0.25, 0.3) is 0 Å². The lowest BCUT2D eigenvalue weighted by Gasteiger charge is -2.48. The zero-order chi connectivity index (χ0) is 27.3. The fourth-order valence-corrected chi connectivity index (χ4v) is 4.52. The van der Waals surface area contributed by atoms with Crippen LogP contribution in [0.5, 0.6) is 0 Å². The van der Waals surface area contributed by atoms with E-state index in [1.54, 1.807) is 7.11 Å². The second kappa shape index (κ2) is 15.3. The van der Waals surface area contributed by atoms with E-state index in [2.05, 4.69) is 15.3 Å². The lowest BCUT2D eigenvalue weighted by molar-refractivity contribution is -0.137. The molecule has 1 N–H and O–H groups in total. The van der Waals surface area contributed by atoms with Crippen LogP contribution in [0, 0.1) is 0 Å². The van der Waals surface area contributed by atoms with Gasteiger partial charge in [-0.3, -0.25) is 9.59 Å². The minimum absolute atomic E-state index is 0.106. The highest BCUT2D eigenvalue weighted by molar-refractivity contribution is 5.94. The summed E-state index contributed by atoms with van der Waals surface area (Å²) >= 11 is 0. The number of benzene rings is 1. The van der Waals surface area contributed by atoms with Crippen LogP contribution in [-0.2, 0) is 27.4 Å². The molecule has 0 spiro atoms. The van der Waals surface area contributed by atoms with Crippen molar-refractivity contribution in [3.05, 3.63) is 40.8 Å². The molecule has 1 aliphatic rings. The number of piperidine rings is 1. The third-order valence-corrected chi connectivity index (χ3v) is 6.61. The number of nitrogens with zero attached hydrogens (tertiary/aromatic N) is 6. The number of hydrogen-bond acceptors (Lipinski definition) is 7. The number of anilines is 1. The third kappa shape index (κ3) is 8.50. The summed E-state index contributed by atoms with van der Waals surface area (Å²) in [6.45, 7) is 9.62. The second-order valence-corrected chi connectivity index (χ2v) is 9.21. The van der Waals surface area contributed by atoms with Gasteiger partial charge in [-0.25, -0.2) is 4.79 Å². The number of rotatable bonds is 12. The Morgan fingerprint density at radius 2 is 1.70 bits per heavy atom. The van der Waals surface area contributed by atoms with Crippen LogP contribution >= 0.6 is 0 Å². The first-order chi connectivity index (χ1) is 17.8. The van der Waals surface area contributed by atoms with Crippen molar-refractivity contribution < 1.29 is 19.4 Å². The maximum atomic E-state index is 13.0. The maximum Gasteiger partial charge on any atom is 0.363 e. The molecule has 37 heavy (non-hydrogen) atoms. The number of hydrogen-bond donors (Lipinski definition) is 1. The minimum atomic E-state index is -0.693. The van der Waals surface area contributed by atoms with E-state index in [1.165, 1.54) is 9.36 Å². The number of carboxylic acid groups (broad SMARTS) is 1. The molecule has 1 aliphatic heterocycles. The number of aliphatic carboxylic acids is 1. The monoisotopic (exact) mass is 518 g/mol. The molecule has 206 valence electrons. The summed E-state index contributed by atoms with van der Waals surface area (Å²) in [7, 11) is 1.69. The molecule has 11 heteroatoms. The highest BCUT2D eigenvalue weighted by Crippen LogP contribution is 2.34. The molecule has 1 aromatic heterocycles. The molecule has 0 bridgehead atoms. The number of unbranched alkanes of at least 4 members (excludes halogenated alkanes) is 1. The highest BCUT2D eigenvalue weighted by atomic mass is 16.5. The van der Waals surface area contributed by atoms with E-state index in [-0.39, 0.29) is 17.1 Å². The Morgan fingerprint density at radius 3 is 2.19 bits per heavy atom. The Bertz CT molecular complexity index is 1010. The number of likely N-dealkylation sites (tertiary alicyclic amines) is 1. The Labute approximate surface area is 219 Å². The van der Waals surface area contributed by atoms with Crippen LogP contribution in [0.4, 0.5) is 5.69 Å². The van der Waals surface area contributed by atoms with Crippen LogP contribution in [0.1, 0.15) is 59.3 Å². The predicted molar refractivity (Wildman–Crippen MR) is 142 cm³/mol. The first kappa shape index (κ1) is 30.2. The number of carbonyl (C=O) groups is 2. The van der Waals surface area contributed by atoms with Gasteiger partial charge >= 0.3 is 11.7 Å². The van der Waals surface area contributed by atoms with Crippen molar-refractivity contribution in [3.8, 4) is 0 Å². The lowest BCUT2D eigenvalue weighted by Crippen LogP contribution is -2.60. The lowest BCUT2D eigenvalue weighted by atomic mass is 9.85. The molecule has 1 saturated heterocycles. The molecular weight excluding hydrogens is 476 g/mol. The summed E-state index contributed by atoms with van der Waals surface area (Å²) in [6.07, 6.45) is 4.13. The summed E-state index contributed by atoms with van der Waals surface area (Å²) < 4.78 is 8.37. The normalized spacial score (nSPS) is 15.0. The van der Waals surface area contributed by atoms with Crippen LogP contribution in [0.3, 0.4) is 0 Å². The molecule has 1 aromatic carbocycles. The van der Waals surface area contributed by atoms with Gasteiger partial charge in [0.1, 0.15) is 0 Å². The van der Waals surface area contributed by atoms with E-state index in [0.29, 0.717) is 32.5 Å². The summed E-state index contributed by atoms with van der Waals surface area (Å²) in [6, 6.07) is 9.85. The molecular formula is C26H42N6O5. The van der Waals surface area contributed by atoms with Crippen molar-refractivity contribution in [1.82, 2.24) is 24.7 Å². The van der Waals surface area contributed by atoms with Gasteiger partial charge in [-0.2, -0.15) is 9.36 Å². The molecule has 11 nitrogen and oxygen atoms in total. The molecule has 0 saturated carbocycles. The Balaban J connectivity index is 0.000000604. The van der Waals surface area contributed by atoms with Crippen LogP contribution in [-0.4, -0.2) is 80.6 Å². The third-order valence-electron chi connectivity index (χ3n) is 6.61. The SMILES string of the molecule is CCC(=O)N(c1ccccc1)C1(COC)CCN(CCn2nnn(CC)c2=O)CC1.CCCCC(=O)O. The van der Waals surface area contributed by atoms with E-state index >= 15 is 0 Å². The summed E-state index contributed by atoms with van der Waals surface area (Å²) in [4.78, 5) is 39.1. The number of amides is 1. The molecule has 3 rings (SSSR count). The average Bonchev–Trinajstić information content (AvgIpc) is 3.27. The number of carboxylic acids is 1. The van der Waals surface area contributed by atoms with Gasteiger partial charge in [0, 0.05) is 51.8 Å². The average molecular weight is 519 g/mol. The molecule has 0 radical (unpaired) electrons. The smallest absolute Gasteiger partial charge is 0.363 e. The molecule has 0 unspecified atom stereocenters. The maximum absolute atomic E-state index is 13.0. The molecule has 1 amide bonds. The standard InChI is InChI=1S/C21H32N6O3.C5H10O2/c1-4-19(28)27(18-9-7-6-8-10-18)21(17-30-3)11-13-24(14-12-21)15-16-26-20(29)25(5-2)22-23-26;1-2-3-4-5(6)7/h6-10H,4-5,11-17H2,1-3H3;2-4H2,1H3,(H,6,7). The zero-order valence-corrected chi connectivity index (χ0v) is 22.6. The first-order valence-electron chi connectivity index (χ1n) is 13.1. The van der Waals surface area contributed by atoms with Crippen molar-refractivity contribution in [2.45, 2.75) is 77.9 Å². The predicted octanol–water partition coefficient (Wildman–Crippen LogP) is 2.65. The van der Waals surface area contributed by atoms with E-state index in [1.807, 2.05) is 56.0 Å². The van der Waals surface area contributed by atoms with Crippen molar-refractivity contribution in [2.75, 3.05) is 38.3 Å². The van der Waals surface area contributed by atoms with Crippen molar-refractivity contribution >= 4 is 17.6 Å². The number of ether oxygens (including phenoxy) is 1. The van der Waals surface area contributed by atoms with Gasteiger partial charge < -0.3 is 19.6 Å². The number of carbonyl (C=O) groups excluding carboxylic acids is 1. The fourth-order valence-electron chi connectivity index (χ4n) is 4.52. The molecule has 1 fully saturated rings. The molecule has 0 atom stereocenters. The van der Waals surface area contributed by atoms with Gasteiger partial charge in [0.25, 0.3) is 0 Å². The molecule has 2 aromatic rings. The van der Waals surface area contributed by atoms with Crippen LogP contribution < -0.4 is 10.6 Å². The van der Waals surface area contributed by atoms with E-state index in [9.17, 15) is 14.4 Å². The Kier molecular flexibility index (Phi) is 12.4. The molecule has 0 aliphatic carbocycles. The zero-order valence-electron chi connectivity index (χ0n) is 22.6. The fraction of sp³-hybridized carbons (Fsp3) is 0.654. The Morgan fingerprint density at radius 1 is 1.05 bits per heavy atom. The van der Waals surface area contributed by atoms with E-state index in [0.717, 1.165) is 51.0 Å². The Hall–Kier alpha value is -3.05. The minimum Gasteiger partial charge on any atom is -0.481 e. The van der Waals surface area contributed by atoms with Gasteiger partial charge in [-0.05, 0) is 48.7 Å². The summed E-state index contributed by atoms with van der Waals surface area (Å²) in [5.74, 6) is -0.587. The van der Waals surface area contributed by atoms with Gasteiger partial charge in [0.05, 0.1) is 18.7 Å². The number of aryl methyl sites for hydroxylation is 1. The number of tetrazole rings is 1. The quantitative estimate of drug-likeness (QED) is 0.455. The second-order valence-electron chi connectivity index (χ2n) is 9.21. The summed E-state index contributed by atoms with van der Waals surface area (Å²) in [5.41, 5.74) is 0.367.